The summed E-state index contributed by atoms with van der Waals surface area (Å²) in [7, 11) is 0. The third-order valence-corrected chi connectivity index (χ3v) is 2.07. The summed E-state index contributed by atoms with van der Waals surface area (Å²) in [5.41, 5.74) is 0. The first kappa shape index (κ1) is 5.03. The lowest BCUT2D eigenvalue weighted by Crippen LogP contribution is -2.57. The molecule has 2 unspecified atom stereocenters. The highest BCUT2D eigenvalue weighted by molar-refractivity contribution is 5.86. The minimum absolute atomic E-state index is 0.240. The summed E-state index contributed by atoms with van der Waals surface area (Å²) in [5.74, 6) is 0.555. The van der Waals surface area contributed by atoms with Crippen LogP contribution in [0.4, 0.5) is 0 Å². The van der Waals surface area contributed by atoms with Crippen molar-refractivity contribution < 1.29 is 4.79 Å². The number of hydrogen-bond acceptors (Lipinski definition) is 1. The molecule has 2 atom stereocenters. The Morgan fingerprint density at radius 1 is 1.67 bits per heavy atom. The molecule has 2 heteroatoms. The molecule has 0 aromatic heterocycles. The van der Waals surface area contributed by atoms with E-state index in [-0.39, 0.29) is 5.91 Å². The zero-order valence-electron chi connectivity index (χ0n) is 5.13. The van der Waals surface area contributed by atoms with Crippen LogP contribution in [0, 0.1) is 5.92 Å². The Kier molecular flexibility index (Phi) is 0.891. The minimum atomic E-state index is 0.240. The van der Waals surface area contributed by atoms with Gasteiger partial charge in [0.1, 0.15) is 0 Å². The van der Waals surface area contributed by atoms with Gasteiger partial charge in [-0.25, -0.2) is 0 Å². The molecule has 0 radical (unpaired) electrons. The number of carbonyl (C=O) groups excluding carboxylic acids is 1. The summed E-state index contributed by atoms with van der Waals surface area (Å²) in [6, 6.07) is 0.381. The van der Waals surface area contributed by atoms with Crippen molar-refractivity contribution in [3.63, 3.8) is 0 Å². The Balaban J connectivity index is 2.14. The van der Waals surface area contributed by atoms with Crippen LogP contribution in [0.3, 0.4) is 0 Å². The van der Waals surface area contributed by atoms with Crippen molar-refractivity contribution in [2.75, 3.05) is 0 Å². The van der Waals surface area contributed by atoms with E-state index in [0.29, 0.717) is 12.0 Å². The Bertz CT molecular complexity index is 174. The van der Waals surface area contributed by atoms with Crippen molar-refractivity contribution in [3.8, 4) is 0 Å². The summed E-state index contributed by atoms with van der Waals surface area (Å²) in [6.45, 7) is 0. The molecular weight excluding hydrogens is 114 g/mol. The molecule has 0 bridgehead atoms. The number of β-lactam (4-membered cyclic amide) rings is 1. The molecule has 1 amide bonds. The minimum Gasteiger partial charge on any atom is -0.349 e. The van der Waals surface area contributed by atoms with Crippen molar-refractivity contribution in [1.29, 1.82) is 0 Å². The highest BCUT2D eigenvalue weighted by atomic mass is 16.2. The molecule has 1 N–H and O–H groups in total. The number of carbonyl (C=O) groups is 1. The van der Waals surface area contributed by atoms with E-state index in [1.165, 1.54) is 0 Å². The zero-order chi connectivity index (χ0) is 6.27. The summed E-state index contributed by atoms with van der Waals surface area (Å²) in [4.78, 5) is 10.7. The summed E-state index contributed by atoms with van der Waals surface area (Å²) in [5, 5.41) is 2.82. The molecule has 0 aromatic rings. The Labute approximate surface area is 53.9 Å². The van der Waals surface area contributed by atoms with Crippen LogP contribution in [0.5, 0.6) is 0 Å². The fourth-order valence-corrected chi connectivity index (χ4v) is 1.45. The number of fused-ring (bicyclic) bond motifs is 1. The molecule has 1 fully saturated rings. The number of rotatable bonds is 0. The van der Waals surface area contributed by atoms with Crippen LogP contribution >= 0.6 is 0 Å². The van der Waals surface area contributed by atoms with Gasteiger partial charge in [-0.3, -0.25) is 4.79 Å². The lowest BCUT2D eigenvalue weighted by molar-refractivity contribution is -0.134. The molecule has 48 valence electrons. The van der Waals surface area contributed by atoms with Crippen LogP contribution in [0.2, 0.25) is 0 Å². The highest BCUT2D eigenvalue weighted by Gasteiger charge is 2.37. The van der Waals surface area contributed by atoms with Crippen LogP contribution < -0.4 is 5.32 Å². The Morgan fingerprint density at radius 2 is 2.56 bits per heavy atom. The number of allylic oxidation sites excluding steroid dienone is 1. The van der Waals surface area contributed by atoms with Crippen molar-refractivity contribution in [2.45, 2.75) is 18.9 Å². The molecule has 1 aliphatic carbocycles. The third kappa shape index (κ3) is 0.590. The van der Waals surface area contributed by atoms with Gasteiger partial charge in [-0.15, -0.1) is 0 Å². The van der Waals surface area contributed by atoms with Gasteiger partial charge in [0.25, 0.3) is 0 Å². The van der Waals surface area contributed by atoms with Crippen molar-refractivity contribution in [1.82, 2.24) is 5.32 Å². The highest BCUT2D eigenvalue weighted by Crippen LogP contribution is 2.25. The second kappa shape index (κ2) is 1.59. The molecule has 9 heavy (non-hydrogen) atoms. The predicted octanol–water partition coefficient (Wildman–Crippen LogP) is 0.451. The van der Waals surface area contributed by atoms with Gasteiger partial charge in [-0.2, -0.15) is 0 Å². The van der Waals surface area contributed by atoms with Crippen LogP contribution in [0.15, 0.2) is 12.2 Å². The zero-order valence-corrected chi connectivity index (χ0v) is 5.13. The maximum absolute atomic E-state index is 10.7. The first-order valence-electron chi connectivity index (χ1n) is 3.35. The normalized spacial score (nSPS) is 38.9. The standard InChI is InChI=1S/C7H9NO/c9-7-5-3-1-2-4-6(5)8-7/h2,4-6H,1,3H2,(H,8,9). The van der Waals surface area contributed by atoms with Gasteiger partial charge in [-0.05, 0) is 12.8 Å². The first-order valence-corrected chi connectivity index (χ1v) is 3.35. The van der Waals surface area contributed by atoms with Crippen LogP contribution in [-0.2, 0) is 4.79 Å². The van der Waals surface area contributed by atoms with E-state index in [2.05, 4.69) is 17.5 Å². The van der Waals surface area contributed by atoms with Gasteiger partial charge in [0.05, 0.1) is 12.0 Å². The van der Waals surface area contributed by atoms with E-state index >= 15 is 0 Å². The van der Waals surface area contributed by atoms with E-state index in [0.717, 1.165) is 12.8 Å². The van der Waals surface area contributed by atoms with Crippen LogP contribution in [-0.4, -0.2) is 11.9 Å². The monoisotopic (exact) mass is 123 g/mol. The average Bonchev–Trinajstić information content (AvgIpc) is 1.86. The third-order valence-electron chi connectivity index (χ3n) is 2.07. The molecule has 1 heterocycles. The topological polar surface area (TPSA) is 29.1 Å². The fraction of sp³-hybridized carbons (Fsp3) is 0.571. The molecule has 0 saturated carbocycles. The quantitative estimate of drug-likeness (QED) is 0.368. The maximum atomic E-state index is 10.7. The van der Waals surface area contributed by atoms with Crippen LogP contribution in [0.1, 0.15) is 12.8 Å². The molecule has 1 saturated heterocycles. The molecule has 0 aromatic carbocycles. The van der Waals surface area contributed by atoms with E-state index in [4.69, 9.17) is 0 Å². The van der Waals surface area contributed by atoms with Gasteiger partial charge < -0.3 is 5.32 Å². The van der Waals surface area contributed by atoms with Gasteiger partial charge in [-0.1, -0.05) is 12.2 Å². The van der Waals surface area contributed by atoms with Crippen LogP contribution in [0.25, 0.3) is 0 Å². The van der Waals surface area contributed by atoms with E-state index in [1.54, 1.807) is 0 Å². The predicted molar refractivity (Wildman–Crippen MR) is 33.8 cm³/mol. The van der Waals surface area contributed by atoms with Gasteiger partial charge >= 0.3 is 0 Å². The smallest absolute Gasteiger partial charge is 0.226 e. The van der Waals surface area contributed by atoms with Crippen molar-refractivity contribution in [2.24, 2.45) is 5.92 Å². The maximum Gasteiger partial charge on any atom is 0.226 e. The second-order valence-electron chi connectivity index (χ2n) is 2.65. The second-order valence-corrected chi connectivity index (χ2v) is 2.65. The van der Waals surface area contributed by atoms with Gasteiger partial charge in [0.15, 0.2) is 0 Å². The Hall–Kier alpha value is -0.790. The number of hydrogen-bond donors (Lipinski definition) is 1. The summed E-state index contributed by atoms with van der Waals surface area (Å²) >= 11 is 0. The number of nitrogens with one attached hydrogen (secondary N) is 1. The van der Waals surface area contributed by atoms with Crippen molar-refractivity contribution in [3.05, 3.63) is 12.2 Å². The lowest BCUT2D eigenvalue weighted by atomic mass is 9.83. The number of amides is 1. The molecule has 2 rings (SSSR count). The molecule has 2 aliphatic rings. The van der Waals surface area contributed by atoms with Gasteiger partial charge in [0.2, 0.25) is 5.91 Å². The molecule has 0 spiro atoms. The SMILES string of the molecule is O=C1NC2C=CCCC12. The van der Waals surface area contributed by atoms with E-state index in [9.17, 15) is 4.79 Å². The molecule has 1 aliphatic heterocycles. The fourth-order valence-electron chi connectivity index (χ4n) is 1.45. The lowest BCUT2D eigenvalue weighted by Gasteiger charge is -2.36. The summed E-state index contributed by atoms with van der Waals surface area (Å²) < 4.78 is 0. The Morgan fingerprint density at radius 3 is 3.11 bits per heavy atom. The molecule has 2 nitrogen and oxygen atoms in total. The average molecular weight is 123 g/mol. The van der Waals surface area contributed by atoms with E-state index in [1.807, 2.05) is 0 Å². The van der Waals surface area contributed by atoms with Gasteiger partial charge in [0, 0.05) is 0 Å². The van der Waals surface area contributed by atoms with E-state index < -0.39 is 0 Å². The first-order chi connectivity index (χ1) is 4.38. The molecular formula is C7H9NO. The summed E-state index contributed by atoms with van der Waals surface area (Å²) in [6.07, 6.45) is 6.36. The largest absolute Gasteiger partial charge is 0.349 e. The van der Waals surface area contributed by atoms with Crippen molar-refractivity contribution >= 4 is 5.91 Å².